The van der Waals surface area contributed by atoms with Gasteiger partial charge < -0.3 is 15.4 Å². The molecule has 0 aliphatic rings. The summed E-state index contributed by atoms with van der Waals surface area (Å²) in [5.41, 5.74) is 0.988. The van der Waals surface area contributed by atoms with E-state index in [1.807, 2.05) is 19.2 Å². The first kappa shape index (κ1) is 12.9. The first-order valence-electron chi connectivity index (χ1n) is 5.33. The Morgan fingerprint density at radius 2 is 2.12 bits per heavy atom. The second-order valence-electron chi connectivity index (χ2n) is 3.46. The molecule has 0 heterocycles. The topological polar surface area (TPSA) is 50.4 Å². The summed E-state index contributed by atoms with van der Waals surface area (Å²) in [6.07, 6.45) is 4.48. The van der Waals surface area contributed by atoms with Gasteiger partial charge in [-0.1, -0.05) is 5.92 Å². The molecule has 0 fully saturated rings. The molecule has 0 radical (unpaired) electrons. The maximum atomic E-state index is 11.5. The Hall–Kier alpha value is -2.15. The summed E-state index contributed by atoms with van der Waals surface area (Å²) in [4.78, 5) is 11.5. The van der Waals surface area contributed by atoms with Gasteiger partial charge in [-0.25, -0.2) is 0 Å². The standard InChI is InChI=1S/C13H16N2O2/c1-4-9-15-13(16)10(2)17-12-7-5-11(14-3)6-8-12/h1,5-8,10,14H,9H2,2-3H3,(H,15,16). The van der Waals surface area contributed by atoms with Gasteiger partial charge in [0.2, 0.25) is 0 Å². The van der Waals surface area contributed by atoms with Crippen LogP contribution in [0.2, 0.25) is 0 Å². The molecule has 17 heavy (non-hydrogen) atoms. The summed E-state index contributed by atoms with van der Waals surface area (Å²) >= 11 is 0. The normalized spacial score (nSPS) is 11.1. The van der Waals surface area contributed by atoms with Gasteiger partial charge in [-0.2, -0.15) is 0 Å². The van der Waals surface area contributed by atoms with E-state index in [1.54, 1.807) is 19.1 Å². The third-order valence-corrected chi connectivity index (χ3v) is 2.19. The van der Waals surface area contributed by atoms with Gasteiger partial charge >= 0.3 is 0 Å². The van der Waals surface area contributed by atoms with Crippen molar-refractivity contribution >= 4 is 11.6 Å². The Bertz CT molecular complexity index is 406. The van der Waals surface area contributed by atoms with E-state index in [9.17, 15) is 4.79 Å². The van der Waals surface area contributed by atoms with E-state index in [2.05, 4.69) is 16.6 Å². The lowest BCUT2D eigenvalue weighted by atomic mass is 10.3. The van der Waals surface area contributed by atoms with E-state index < -0.39 is 6.10 Å². The Morgan fingerprint density at radius 3 is 2.65 bits per heavy atom. The molecule has 1 atom stereocenters. The number of amides is 1. The predicted octanol–water partition coefficient (Wildman–Crippen LogP) is 1.24. The average Bonchev–Trinajstić information content (AvgIpc) is 2.36. The fraction of sp³-hybridized carbons (Fsp3) is 0.308. The van der Waals surface area contributed by atoms with Crippen molar-refractivity contribution < 1.29 is 9.53 Å². The Kier molecular flexibility index (Phi) is 4.89. The maximum absolute atomic E-state index is 11.5. The van der Waals surface area contributed by atoms with Crippen LogP contribution in [0.3, 0.4) is 0 Å². The van der Waals surface area contributed by atoms with Gasteiger partial charge in [-0.3, -0.25) is 4.79 Å². The van der Waals surface area contributed by atoms with E-state index in [0.717, 1.165) is 5.69 Å². The van der Waals surface area contributed by atoms with Crippen LogP contribution in [0, 0.1) is 12.3 Å². The number of ether oxygens (including phenoxy) is 1. The smallest absolute Gasteiger partial charge is 0.261 e. The van der Waals surface area contributed by atoms with Crippen LogP contribution in [0.15, 0.2) is 24.3 Å². The molecule has 1 aromatic rings. The lowest BCUT2D eigenvalue weighted by molar-refractivity contribution is -0.126. The Morgan fingerprint density at radius 1 is 1.47 bits per heavy atom. The number of terminal acetylenes is 1. The van der Waals surface area contributed by atoms with Crippen LogP contribution in [-0.4, -0.2) is 25.6 Å². The number of rotatable bonds is 5. The first-order valence-corrected chi connectivity index (χ1v) is 5.33. The van der Waals surface area contributed by atoms with Crippen molar-refractivity contribution in [3.8, 4) is 18.1 Å². The number of carbonyl (C=O) groups excluding carboxylic acids is 1. The summed E-state index contributed by atoms with van der Waals surface area (Å²) in [6, 6.07) is 7.36. The molecule has 4 heteroatoms. The molecule has 0 aromatic heterocycles. The van der Waals surface area contributed by atoms with Crippen molar-refractivity contribution in [2.75, 3.05) is 18.9 Å². The van der Waals surface area contributed by atoms with Gasteiger partial charge in [0.1, 0.15) is 5.75 Å². The minimum atomic E-state index is -0.566. The Balaban J connectivity index is 2.52. The molecular weight excluding hydrogens is 216 g/mol. The highest BCUT2D eigenvalue weighted by Gasteiger charge is 2.13. The van der Waals surface area contributed by atoms with Crippen molar-refractivity contribution in [2.24, 2.45) is 0 Å². The molecule has 1 unspecified atom stereocenters. The van der Waals surface area contributed by atoms with Gasteiger partial charge in [0, 0.05) is 12.7 Å². The van der Waals surface area contributed by atoms with Crippen molar-refractivity contribution in [1.82, 2.24) is 5.32 Å². The molecule has 0 aliphatic carbocycles. The molecule has 0 saturated carbocycles. The molecule has 2 N–H and O–H groups in total. The second kappa shape index (κ2) is 6.44. The molecular formula is C13H16N2O2. The van der Waals surface area contributed by atoms with E-state index in [0.29, 0.717) is 5.75 Å². The summed E-state index contributed by atoms with van der Waals surface area (Å²) in [6.45, 7) is 1.89. The van der Waals surface area contributed by atoms with Gasteiger partial charge in [-0.15, -0.1) is 6.42 Å². The van der Waals surface area contributed by atoms with Gasteiger partial charge in [0.05, 0.1) is 6.54 Å². The van der Waals surface area contributed by atoms with Gasteiger partial charge in [0.25, 0.3) is 5.91 Å². The molecule has 4 nitrogen and oxygen atoms in total. The largest absolute Gasteiger partial charge is 0.481 e. The van der Waals surface area contributed by atoms with Crippen LogP contribution < -0.4 is 15.4 Å². The third kappa shape index (κ3) is 4.07. The number of hydrogen-bond donors (Lipinski definition) is 2. The fourth-order valence-electron chi connectivity index (χ4n) is 1.24. The van der Waals surface area contributed by atoms with Crippen molar-refractivity contribution in [1.29, 1.82) is 0 Å². The van der Waals surface area contributed by atoms with Crippen molar-refractivity contribution in [2.45, 2.75) is 13.0 Å². The summed E-state index contributed by atoms with van der Waals surface area (Å²) in [5.74, 6) is 2.76. The first-order chi connectivity index (χ1) is 8.17. The number of benzene rings is 1. The van der Waals surface area contributed by atoms with E-state index in [1.165, 1.54) is 0 Å². The zero-order valence-electron chi connectivity index (χ0n) is 9.99. The molecule has 0 aliphatic heterocycles. The van der Waals surface area contributed by atoms with Gasteiger partial charge in [-0.05, 0) is 31.2 Å². The van der Waals surface area contributed by atoms with Gasteiger partial charge in [0.15, 0.2) is 6.10 Å². The molecule has 1 aromatic carbocycles. The number of nitrogens with one attached hydrogen (secondary N) is 2. The molecule has 90 valence electrons. The molecule has 1 rings (SSSR count). The number of hydrogen-bond acceptors (Lipinski definition) is 3. The lowest BCUT2D eigenvalue weighted by Crippen LogP contribution is -2.36. The van der Waals surface area contributed by atoms with E-state index >= 15 is 0 Å². The Labute approximate surface area is 101 Å². The minimum Gasteiger partial charge on any atom is -0.481 e. The SMILES string of the molecule is C#CCNC(=O)C(C)Oc1ccc(NC)cc1. The highest BCUT2D eigenvalue weighted by Crippen LogP contribution is 2.16. The molecule has 0 spiro atoms. The van der Waals surface area contributed by atoms with Crippen LogP contribution in [0.25, 0.3) is 0 Å². The van der Waals surface area contributed by atoms with Crippen LogP contribution in [0.1, 0.15) is 6.92 Å². The molecule has 0 bridgehead atoms. The molecule has 0 saturated heterocycles. The van der Waals surface area contributed by atoms with Crippen LogP contribution in [0.4, 0.5) is 5.69 Å². The van der Waals surface area contributed by atoms with Crippen molar-refractivity contribution in [3.63, 3.8) is 0 Å². The summed E-state index contributed by atoms with van der Waals surface area (Å²) in [5, 5.41) is 5.56. The monoisotopic (exact) mass is 232 g/mol. The number of carbonyl (C=O) groups is 1. The summed E-state index contributed by atoms with van der Waals surface area (Å²) in [7, 11) is 1.84. The quantitative estimate of drug-likeness (QED) is 0.751. The summed E-state index contributed by atoms with van der Waals surface area (Å²) < 4.78 is 5.46. The zero-order valence-corrected chi connectivity index (χ0v) is 9.99. The van der Waals surface area contributed by atoms with Crippen LogP contribution >= 0.6 is 0 Å². The van der Waals surface area contributed by atoms with Crippen molar-refractivity contribution in [3.05, 3.63) is 24.3 Å². The van der Waals surface area contributed by atoms with E-state index in [4.69, 9.17) is 11.2 Å². The highest BCUT2D eigenvalue weighted by atomic mass is 16.5. The van der Waals surface area contributed by atoms with E-state index in [-0.39, 0.29) is 12.5 Å². The molecule has 1 amide bonds. The fourth-order valence-corrected chi connectivity index (χ4v) is 1.24. The third-order valence-electron chi connectivity index (χ3n) is 2.19. The minimum absolute atomic E-state index is 0.214. The number of anilines is 1. The lowest BCUT2D eigenvalue weighted by Gasteiger charge is -2.14. The maximum Gasteiger partial charge on any atom is 0.261 e. The average molecular weight is 232 g/mol. The van der Waals surface area contributed by atoms with Crippen LogP contribution in [0.5, 0.6) is 5.75 Å². The highest BCUT2D eigenvalue weighted by molar-refractivity contribution is 5.80. The second-order valence-corrected chi connectivity index (χ2v) is 3.46. The zero-order chi connectivity index (χ0) is 12.7. The van der Waals surface area contributed by atoms with Crippen LogP contribution in [-0.2, 0) is 4.79 Å². The predicted molar refractivity (Wildman–Crippen MR) is 67.9 cm³/mol.